The Bertz CT molecular complexity index is 1090. The van der Waals surface area contributed by atoms with Gasteiger partial charge in [-0.25, -0.2) is 4.79 Å². The van der Waals surface area contributed by atoms with E-state index in [1.165, 1.54) is 24.5 Å². The van der Waals surface area contributed by atoms with Gasteiger partial charge >= 0.3 is 5.97 Å². The second-order valence-corrected chi connectivity index (χ2v) is 8.46. The summed E-state index contributed by atoms with van der Waals surface area (Å²) in [6.45, 7) is 2.01. The van der Waals surface area contributed by atoms with Crippen molar-refractivity contribution in [3.8, 4) is 16.2 Å². The van der Waals surface area contributed by atoms with E-state index >= 15 is 0 Å². The first-order valence-corrected chi connectivity index (χ1v) is 11.1. The van der Waals surface area contributed by atoms with Crippen molar-refractivity contribution in [1.29, 1.82) is 0 Å². The summed E-state index contributed by atoms with van der Waals surface area (Å²) >= 11 is 7.14. The largest absolute Gasteiger partial charge is 0.497 e. The summed E-state index contributed by atoms with van der Waals surface area (Å²) in [5.74, 6) is 0.446. The van der Waals surface area contributed by atoms with Crippen molar-refractivity contribution >= 4 is 29.5 Å². The Morgan fingerprint density at radius 1 is 1.13 bits per heavy atom. The molecule has 3 rings (SSSR count). The van der Waals surface area contributed by atoms with Crippen LogP contribution in [0.15, 0.2) is 66.7 Å². The zero-order chi connectivity index (χ0) is 22.2. The van der Waals surface area contributed by atoms with Crippen LogP contribution in [-0.4, -0.2) is 24.9 Å². The number of hydrogen-bond acceptors (Lipinski definition) is 6. The molecule has 1 atom stereocenters. The maximum atomic E-state index is 11.3. The number of nitrogens with zero attached hydrogens (tertiary/aromatic N) is 1. The topological polar surface area (TPSA) is 49.7 Å². The molecule has 1 unspecified atom stereocenters. The number of carbonyl (C=O) groups excluding carboxylic acids is 1. The monoisotopic (exact) mass is 455 g/mol. The predicted octanol–water partition coefficient (Wildman–Crippen LogP) is 5.94. The van der Waals surface area contributed by atoms with E-state index in [1.54, 1.807) is 17.9 Å². The lowest BCUT2D eigenvalue weighted by Crippen LogP contribution is -2.19. The van der Waals surface area contributed by atoms with Crippen LogP contribution in [0, 0.1) is 10.9 Å². The summed E-state index contributed by atoms with van der Waals surface area (Å²) in [4.78, 5) is 18.8. The number of carbonyl (C=O) groups is 1. The van der Waals surface area contributed by atoms with Gasteiger partial charge in [-0.3, -0.25) is 0 Å². The van der Waals surface area contributed by atoms with Crippen LogP contribution in [0.3, 0.4) is 0 Å². The van der Waals surface area contributed by atoms with Gasteiger partial charge < -0.3 is 14.3 Å². The van der Waals surface area contributed by atoms with E-state index in [1.807, 2.05) is 61.5 Å². The van der Waals surface area contributed by atoms with Crippen molar-refractivity contribution in [3.05, 3.63) is 82.0 Å². The molecule has 1 heterocycles. The number of esters is 1. The van der Waals surface area contributed by atoms with Gasteiger partial charge in [0.1, 0.15) is 5.75 Å². The minimum atomic E-state index is -0.364. The zero-order valence-electron chi connectivity index (χ0n) is 17.7. The zero-order valence-corrected chi connectivity index (χ0v) is 19.4. The summed E-state index contributed by atoms with van der Waals surface area (Å²) in [6.07, 6.45) is 4.37. The molecule has 0 aliphatic heterocycles. The van der Waals surface area contributed by atoms with E-state index in [0.29, 0.717) is 16.8 Å². The van der Waals surface area contributed by atoms with Crippen LogP contribution in [0.25, 0.3) is 10.4 Å². The molecule has 0 N–H and O–H groups in total. The third-order valence-corrected chi connectivity index (χ3v) is 6.29. The molecule has 0 spiro atoms. The van der Waals surface area contributed by atoms with E-state index in [-0.39, 0.29) is 12.1 Å². The smallest absolute Gasteiger partial charge is 0.330 e. The molecule has 0 aliphatic carbocycles. The van der Waals surface area contributed by atoms with E-state index in [2.05, 4.69) is 4.74 Å². The van der Waals surface area contributed by atoms with Gasteiger partial charge in [0, 0.05) is 6.08 Å². The third kappa shape index (κ3) is 5.83. The minimum absolute atomic E-state index is 0.216. The van der Waals surface area contributed by atoms with E-state index in [9.17, 15) is 4.79 Å². The molecule has 0 aliphatic rings. The fraction of sp³-hybridized carbons (Fsp3) is 0.250. The van der Waals surface area contributed by atoms with Gasteiger partial charge in [0.05, 0.1) is 24.8 Å². The summed E-state index contributed by atoms with van der Waals surface area (Å²) in [5.41, 5.74) is 3.06. The van der Waals surface area contributed by atoms with Gasteiger partial charge in [0.2, 0.25) is 0 Å². The minimum Gasteiger partial charge on any atom is -0.497 e. The normalized spacial score (nSPS) is 12.0. The van der Waals surface area contributed by atoms with Crippen molar-refractivity contribution in [2.75, 3.05) is 14.2 Å². The Balaban J connectivity index is 1.85. The predicted molar refractivity (Wildman–Crippen MR) is 126 cm³/mol. The Labute approximate surface area is 191 Å². The number of allylic oxidation sites excluding steroid dienone is 1. The molecule has 162 valence electrons. The number of aromatic nitrogens is 1. The van der Waals surface area contributed by atoms with Crippen molar-refractivity contribution < 1.29 is 19.1 Å². The Hall–Kier alpha value is -2.90. The quantitative estimate of drug-likeness (QED) is 0.227. The van der Waals surface area contributed by atoms with Gasteiger partial charge in [0.15, 0.2) is 10.1 Å². The first-order valence-electron chi connectivity index (χ1n) is 9.87. The Morgan fingerprint density at radius 2 is 1.84 bits per heavy atom. The molecule has 5 nitrogen and oxygen atoms in total. The van der Waals surface area contributed by atoms with Crippen molar-refractivity contribution in [1.82, 2.24) is 4.73 Å². The lowest BCUT2D eigenvalue weighted by atomic mass is 10.0. The molecule has 0 fully saturated rings. The number of rotatable bonds is 9. The standard InChI is InChI=1S/C24H25NO4S2/c1-17-23(19-13-15-20(27-2)16-14-19)31-24(30)25(17)29-21(18-9-5-4-6-10-18)11-7-8-12-22(26)28-3/h4-6,8-10,12-16,21H,7,11H2,1-3H3/b12-8+. The highest BCUT2D eigenvalue weighted by Gasteiger charge is 2.18. The molecule has 3 aromatic rings. The SMILES string of the molecule is COC(=O)/C=C/CCC(On1c(C)c(-c2ccc(OC)cc2)sc1=S)c1ccccc1. The van der Waals surface area contributed by atoms with Gasteiger partial charge in [-0.1, -0.05) is 36.4 Å². The van der Waals surface area contributed by atoms with Crippen molar-refractivity contribution in [3.63, 3.8) is 0 Å². The van der Waals surface area contributed by atoms with Crippen LogP contribution in [-0.2, 0) is 9.53 Å². The van der Waals surface area contributed by atoms with Gasteiger partial charge in [-0.2, -0.15) is 4.73 Å². The Kier molecular flexibility index (Phi) is 8.03. The van der Waals surface area contributed by atoms with Crippen LogP contribution in [0.5, 0.6) is 5.75 Å². The first-order chi connectivity index (χ1) is 15.0. The molecule has 0 saturated carbocycles. The average Bonchev–Trinajstić information content (AvgIpc) is 3.09. The van der Waals surface area contributed by atoms with Crippen LogP contribution in [0.2, 0.25) is 0 Å². The van der Waals surface area contributed by atoms with Crippen molar-refractivity contribution in [2.24, 2.45) is 0 Å². The second-order valence-electron chi connectivity index (χ2n) is 6.81. The molecule has 31 heavy (non-hydrogen) atoms. The number of methoxy groups -OCH3 is 2. The third-order valence-electron chi connectivity index (χ3n) is 4.80. The highest BCUT2D eigenvalue weighted by Crippen LogP contribution is 2.32. The second kappa shape index (κ2) is 10.9. The highest BCUT2D eigenvalue weighted by molar-refractivity contribution is 7.73. The lowest BCUT2D eigenvalue weighted by Gasteiger charge is -2.20. The van der Waals surface area contributed by atoms with Crippen molar-refractivity contribution in [2.45, 2.75) is 25.9 Å². The number of hydrogen-bond donors (Lipinski definition) is 0. The molecule has 0 amide bonds. The lowest BCUT2D eigenvalue weighted by molar-refractivity contribution is -0.134. The molecular weight excluding hydrogens is 430 g/mol. The summed E-state index contributed by atoms with van der Waals surface area (Å²) < 4.78 is 12.3. The Morgan fingerprint density at radius 3 is 2.48 bits per heavy atom. The van der Waals surface area contributed by atoms with Gasteiger partial charge in [-0.15, -0.1) is 11.3 Å². The molecule has 2 aromatic carbocycles. The highest BCUT2D eigenvalue weighted by atomic mass is 32.1. The van der Waals surface area contributed by atoms with Crippen LogP contribution < -0.4 is 9.57 Å². The maximum Gasteiger partial charge on any atom is 0.330 e. The molecular formula is C24H25NO4S2. The number of thiazole rings is 1. The van der Waals surface area contributed by atoms with Crippen LogP contribution in [0.1, 0.15) is 30.2 Å². The first kappa shape index (κ1) is 22.8. The van der Waals surface area contributed by atoms with Gasteiger partial charge in [-0.05, 0) is 67.4 Å². The van der Waals surface area contributed by atoms with Crippen LogP contribution in [0.4, 0.5) is 0 Å². The fourth-order valence-electron chi connectivity index (χ4n) is 3.13. The summed E-state index contributed by atoms with van der Waals surface area (Å²) in [6, 6.07) is 17.9. The average molecular weight is 456 g/mol. The van der Waals surface area contributed by atoms with Gasteiger partial charge in [0.25, 0.3) is 0 Å². The number of ether oxygens (including phenoxy) is 2. The fourth-order valence-corrected chi connectivity index (χ4v) is 4.49. The molecule has 7 heteroatoms. The summed E-state index contributed by atoms with van der Waals surface area (Å²) in [7, 11) is 3.02. The number of benzene rings is 2. The molecule has 1 aromatic heterocycles. The maximum absolute atomic E-state index is 11.3. The summed E-state index contributed by atoms with van der Waals surface area (Å²) in [5, 5.41) is 0. The van der Waals surface area contributed by atoms with E-state index in [4.69, 9.17) is 21.8 Å². The van der Waals surface area contributed by atoms with E-state index < -0.39 is 0 Å². The van der Waals surface area contributed by atoms with E-state index in [0.717, 1.165) is 27.4 Å². The molecule has 0 saturated heterocycles. The molecule has 0 bridgehead atoms. The van der Waals surface area contributed by atoms with Crippen LogP contribution >= 0.6 is 23.6 Å². The molecule has 0 radical (unpaired) electrons.